The van der Waals surface area contributed by atoms with Crippen LogP contribution in [-0.4, -0.2) is 17.0 Å². The summed E-state index contributed by atoms with van der Waals surface area (Å²) in [7, 11) is 0. The second-order valence-electron chi connectivity index (χ2n) is 2.22. The van der Waals surface area contributed by atoms with E-state index in [0.29, 0.717) is 17.0 Å². The first-order valence-corrected chi connectivity index (χ1v) is 4.58. The van der Waals surface area contributed by atoms with Crippen LogP contribution >= 0.6 is 24.2 Å². The fraction of sp³-hybridized carbons (Fsp3) is 0.625. The zero-order valence-corrected chi connectivity index (χ0v) is 9.04. The Bertz CT molecular complexity index is 174. The Hall–Kier alpha value is -0.330. The second kappa shape index (κ2) is 8.76. The van der Waals surface area contributed by atoms with Crippen molar-refractivity contribution >= 4 is 29.3 Å². The van der Waals surface area contributed by atoms with Crippen molar-refractivity contribution in [1.82, 2.24) is 0 Å². The number of nitrogens with zero attached hydrogens (tertiary/aromatic N) is 1. The highest BCUT2D eigenvalue weighted by atomic mass is 35.5. The molecule has 2 nitrogen and oxygen atoms in total. The molecule has 0 rings (SSSR count). The molecule has 1 unspecified atom stereocenters. The lowest BCUT2D eigenvalue weighted by Gasteiger charge is -2.02. The van der Waals surface area contributed by atoms with E-state index in [1.165, 1.54) is 11.8 Å². The van der Waals surface area contributed by atoms with Gasteiger partial charge in [0.2, 0.25) is 0 Å². The quantitative estimate of drug-likeness (QED) is 0.435. The number of amidine groups is 1. The van der Waals surface area contributed by atoms with Crippen LogP contribution in [0.4, 0.5) is 0 Å². The highest BCUT2D eigenvalue weighted by molar-refractivity contribution is 8.13. The van der Waals surface area contributed by atoms with Crippen LogP contribution < -0.4 is 5.73 Å². The zero-order chi connectivity index (χ0) is 8.69. The molecular weight excluding hydrogens is 192 g/mol. The maximum absolute atomic E-state index is 5.55. The van der Waals surface area contributed by atoms with E-state index in [9.17, 15) is 0 Å². The summed E-state index contributed by atoms with van der Waals surface area (Å²) >= 11 is 1.41. The molecule has 12 heavy (non-hydrogen) atoms. The van der Waals surface area contributed by atoms with Crippen LogP contribution in [0, 0.1) is 12.3 Å². The first-order chi connectivity index (χ1) is 5.20. The van der Waals surface area contributed by atoms with E-state index in [4.69, 9.17) is 12.2 Å². The van der Waals surface area contributed by atoms with Gasteiger partial charge in [-0.15, -0.1) is 18.8 Å². The monoisotopic (exact) mass is 206 g/mol. The first-order valence-electron chi connectivity index (χ1n) is 3.60. The molecule has 0 aromatic heterocycles. The van der Waals surface area contributed by atoms with Crippen LogP contribution in [0.3, 0.4) is 0 Å². The van der Waals surface area contributed by atoms with Gasteiger partial charge in [-0.2, -0.15) is 0 Å². The largest absolute Gasteiger partial charge is 0.379 e. The fourth-order valence-electron chi connectivity index (χ4n) is 0.461. The molecule has 0 amide bonds. The highest BCUT2D eigenvalue weighted by Gasteiger charge is 1.96. The Labute approximate surface area is 84.8 Å². The van der Waals surface area contributed by atoms with Gasteiger partial charge in [0, 0.05) is 6.04 Å². The van der Waals surface area contributed by atoms with Crippen LogP contribution in [0.2, 0.25) is 0 Å². The van der Waals surface area contributed by atoms with Gasteiger partial charge in [0.1, 0.15) is 0 Å². The third-order valence-electron chi connectivity index (χ3n) is 1.24. The van der Waals surface area contributed by atoms with Crippen molar-refractivity contribution in [3.63, 3.8) is 0 Å². The molecule has 70 valence electrons. The maximum atomic E-state index is 5.55. The van der Waals surface area contributed by atoms with Gasteiger partial charge in [-0.05, 0) is 13.3 Å². The van der Waals surface area contributed by atoms with Crippen molar-refractivity contribution in [2.24, 2.45) is 10.7 Å². The van der Waals surface area contributed by atoms with E-state index in [0.717, 1.165) is 6.42 Å². The minimum Gasteiger partial charge on any atom is -0.379 e. The van der Waals surface area contributed by atoms with Crippen LogP contribution in [0.15, 0.2) is 4.99 Å². The molecule has 0 heterocycles. The van der Waals surface area contributed by atoms with E-state index >= 15 is 0 Å². The molecule has 0 aromatic rings. The number of thioether (sulfide) groups is 1. The van der Waals surface area contributed by atoms with Gasteiger partial charge in [-0.1, -0.05) is 24.6 Å². The zero-order valence-electron chi connectivity index (χ0n) is 7.41. The Morgan fingerprint density at radius 1 is 1.75 bits per heavy atom. The minimum absolute atomic E-state index is 0. The van der Waals surface area contributed by atoms with Crippen LogP contribution in [0.1, 0.15) is 20.3 Å². The molecule has 0 spiro atoms. The summed E-state index contributed by atoms with van der Waals surface area (Å²) in [5, 5.41) is 0.595. The average Bonchev–Trinajstić information content (AvgIpc) is 2.00. The van der Waals surface area contributed by atoms with Crippen molar-refractivity contribution in [2.75, 3.05) is 5.75 Å². The molecule has 0 aliphatic carbocycles. The van der Waals surface area contributed by atoms with Crippen molar-refractivity contribution in [1.29, 1.82) is 0 Å². The number of nitrogens with two attached hydrogens (primary N) is 1. The molecular formula is C8H15ClN2S. The normalized spacial score (nSPS) is 12.9. The van der Waals surface area contributed by atoms with Gasteiger partial charge < -0.3 is 5.73 Å². The number of hydrogen-bond acceptors (Lipinski definition) is 2. The number of halogens is 1. The molecule has 2 N–H and O–H groups in total. The first kappa shape index (κ1) is 14.2. The summed E-state index contributed by atoms with van der Waals surface area (Å²) < 4.78 is 0. The van der Waals surface area contributed by atoms with Gasteiger partial charge >= 0.3 is 0 Å². The molecule has 0 fully saturated rings. The predicted octanol–water partition coefficient (Wildman–Crippen LogP) is 1.89. The molecule has 0 bridgehead atoms. The molecule has 0 saturated heterocycles. The summed E-state index contributed by atoms with van der Waals surface area (Å²) in [6.07, 6.45) is 6.07. The standard InChI is InChI=1S/C8H14N2S.ClH/c1-4-6-11-8(9)10-7(3)5-2;/h1,7H,5-6H2,2-3H3,(H2,9,10);1H. The van der Waals surface area contributed by atoms with E-state index in [1.807, 2.05) is 6.92 Å². The molecule has 0 radical (unpaired) electrons. The van der Waals surface area contributed by atoms with E-state index < -0.39 is 0 Å². The number of rotatable bonds is 3. The van der Waals surface area contributed by atoms with E-state index in [-0.39, 0.29) is 12.4 Å². The Morgan fingerprint density at radius 3 is 2.75 bits per heavy atom. The summed E-state index contributed by atoms with van der Waals surface area (Å²) in [5.41, 5.74) is 5.55. The van der Waals surface area contributed by atoms with Gasteiger partial charge in [-0.3, -0.25) is 4.99 Å². The van der Waals surface area contributed by atoms with Gasteiger partial charge in [0.25, 0.3) is 0 Å². The summed E-state index contributed by atoms with van der Waals surface area (Å²) in [5.74, 6) is 3.09. The van der Waals surface area contributed by atoms with E-state index in [1.54, 1.807) is 0 Å². The van der Waals surface area contributed by atoms with Crippen molar-refractivity contribution in [2.45, 2.75) is 26.3 Å². The molecule has 0 saturated carbocycles. The maximum Gasteiger partial charge on any atom is 0.155 e. The summed E-state index contributed by atoms with van der Waals surface area (Å²) in [6.45, 7) is 4.11. The number of hydrogen-bond donors (Lipinski definition) is 1. The van der Waals surface area contributed by atoms with Crippen molar-refractivity contribution < 1.29 is 0 Å². The molecule has 0 aliphatic heterocycles. The topological polar surface area (TPSA) is 38.4 Å². The number of aliphatic imine (C=N–C) groups is 1. The molecule has 4 heteroatoms. The lowest BCUT2D eigenvalue weighted by Crippen LogP contribution is -2.11. The SMILES string of the molecule is C#CCSC(N)=NC(C)CC.Cl. The lowest BCUT2D eigenvalue weighted by molar-refractivity contribution is 0.718. The minimum atomic E-state index is 0. The highest BCUT2D eigenvalue weighted by Crippen LogP contribution is 2.02. The third-order valence-corrected chi connectivity index (χ3v) is 1.95. The number of terminal acetylenes is 1. The second-order valence-corrected chi connectivity index (χ2v) is 3.21. The summed E-state index contributed by atoms with van der Waals surface area (Å²) in [4.78, 5) is 4.19. The van der Waals surface area contributed by atoms with Crippen LogP contribution in [-0.2, 0) is 0 Å². The molecule has 1 atom stereocenters. The van der Waals surface area contributed by atoms with Gasteiger partial charge in [0.05, 0.1) is 5.75 Å². The van der Waals surface area contributed by atoms with Crippen molar-refractivity contribution in [3.8, 4) is 12.3 Å². The summed E-state index contributed by atoms with van der Waals surface area (Å²) in [6, 6.07) is 0.306. The lowest BCUT2D eigenvalue weighted by atomic mass is 10.3. The average molecular weight is 207 g/mol. The Balaban J connectivity index is 0. The molecule has 0 aliphatic rings. The van der Waals surface area contributed by atoms with Crippen LogP contribution in [0.25, 0.3) is 0 Å². The Kier molecular flexibility index (Phi) is 10.4. The van der Waals surface area contributed by atoms with E-state index in [2.05, 4.69) is 17.8 Å². The Morgan fingerprint density at radius 2 is 2.33 bits per heavy atom. The van der Waals surface area contributed by atoms with Gasteiger partial charge in [-0.25, -0.2) is 0 Å². The van der Waals surface area contributed by atoms with Gasteiger partial charge in [0.15, 0.2) is 5.17 Å². The smallest absolute Gasteiger partial charge is 0.155 e. The van der Waals surface area contributed by atoms with Crippen molar-refractivity contribution in [3.05, 3.63) is 0 Å². The predicted molar refractivity (Wildman–Crippen MR) is 59.9 cm³/mol. The molecule has 0 aromatic carbocycles. The van der Waals surface area contributed by atoms with Crippen LogP contribution in [0.5, 0.6) is 0 Å². The third kappa shape index (κ3) is 7.77. The fourth-order valence-corrected chi connectivity index (χ4v) is 0.947.